The minimum Gasteiger partial charge on any atom is -0.337 e. The number of aromatic nitrogens is 4. The molecule has 0 aliphatic rings. The number of pyridine rings is 2. The van der Waals surface area contributed by atoms with Gasteiger partial charge in [0.05, 0.1) is 27.4 Å². The fourth-order valence-electron chi connectivity index (χ4n) is 2.89. The zero-order valence-corrected chi connectivity index (χ0v) is 15.4. The van der Waals surface area contributed by atoms with Crippen LogP contribution in [0.15, 0.2) is 48.8 Å². The van der Waals surface area contributed by atoms with Crippen LogP contribution >= 0.6 is 11.6 Å². The van der Waals surface area contributed by atoms with Gasteiger partial charge in [-0.15, -0.1) is 0 Å². The second-order valence-corrected chi connectivity index (χ2v) is 6.67. The molecule has 11 heteroatoms. The molecule has 4 nitrogen and oxygen atoms in total. The number of aromatic amines is 1. The lowest BCUT2D eigenvalue weighted by atomic mass is 10.1. The van der Waals surface area contributed by atoms with E-state index in [4.69, 9.17) is 11.6 Å². The van der Waals surface area contributed by atoms with Gasteiger partial charge in [-0.25, -0.2) is 4.98 Å². The molecule has 0 fully saturated rings. The summed E-state index contributed by atoms with van der Waals surface area (Å²) in [5, 5.41) is 0.380. The van der Waals surface area contributed by atoms with Crippen molar-refractivity contribution in [1.82, 2.24) is 19.9 Å². The summed E-state index contributed by atoms with van der Waals surface area (Å²) in [5.41, 5.74) is -2.77. The standard InChI is InChI=1S/C19H9ClF6N4/c20-12-2-1-5-27-15(12)9-3-4-13(28-8-9)17-29-14-7-10(18(21,22)23)6-11(16(14)30-17)19(24,25)26/h1-8H,(H,29,30). The number of nitrogens with zero attached hydrogens (tertiary/aromatic N) is 3. The summed E-state index contributed by atoms with van der Waals surface area (Å²) in [5.74, 6) is -0.103. The van der Waals surface area contributed by atoms with Gasteiger partial charge >= 0.3 is 12.4 Å². The first-order valence-corrected chi connectivity index (χ1v) is 8.67. The molecule has 3 aromatic heterocycles. The van der Waals surface area contributed by atoms with Crippen molar-refractivity contribution in [1.29, 1.82) is 0 Å². The average Bonchev–Trinajstić information content (AvgIpc) is 3.10. The molecule has 4 rings (SSSR count). The molecule has 3 heterocycles. The predicted molar refractivity (Wildman–Crippen MR) is 97.6 cm³/mol. The highest BCUT2D eigenvalue weighted by molar-refractivity contribution is 6.33. The van der Waals surface area contributed by atoms with E-state index < -0.39 is 34.5 Å². The number of imidazole rings is 1. The fourth-order valence-corrected chi connectivity index (χ4v) is 3.12. The number of benzene rings is 1. The van der Waals surface area contributed by atoms with E-state index in [1.54, 1.807) is 18.2 Å². The van der Waals surface area contributed by atoms with E-state index in [1.165, 1.54) is 18.5 Å². The van der Waals surface area contributed by atoms with Crippen LogP contribution < -0.4 is 0 Å². The van der Waals surface area contributed by atoms with E-state index in [-0.39, 0.29) is 17.6 Å². The first-order valence-electron chi connectivity index (χ1n) is 8.29. The van der Waals surface area contributed by atoms with Crippen LogP contribution in [0.25, 0.3) is 33.8 Å². The Morgan fingerprint density at radius 1 is 0.900 bits per heavy atom. The summed E-state index contributed by atoms with van der Waals surface area (Å²) < 4.78 is 79.0. The molecule has 0 spiro atoms. The van der Waals surface area contributed by atoms with Crippen molar-refractivity contribution >= 4 is 22.6 Å². The topological polar surface area (TPSA) is 54.5 Å². The number of H-pyrrole nitrogens is 1. The summed E-state index contributed by atoms with van der Waals surface area (Å²) in [6, 6.07) is 6.95. The number of hydrogen-bond acceptors (Lipinski definition) is 3. The number of nitrogens with one attached hydrogen (secondary N) is 1. The van der Waals surface area contributed by atoms with Gasteiger partial charge < -0.3 is 4.98 Å². The number of alkyl halides is 6. The molecule has 4 aromatic rings. The van der Waals surface area contributed by atoms with Gasteiger partial charge in [0.2, 0.25) is 0 Å². The lowest BCUT2D eigenvalue weighted by molar-refractivity contribution is -0.142. The minimum atomic E-state index is -5.01. The third kappa shape index (κ3) is 3.70. The van der Waals surface area contributed by atoms with Crippen LogP contribution in [-0.4, -0.2) is 19.9 Å². The molecule has 0 aliphatic heterocycles. The van der Waals surface area contributed by atoms with E-state index in [0.717, 1.165) is 0 Å². The largest absolute Gasteiger partial charge is 0.418 e. The molecule has 0 radical (unpaired) electrons. The molecule has 0 bridgehead atoms. The molecule has 30 heavy (non-hydrogen) atoms. The Morgan fingerprint density at radius 3 is 2.27 bits per heavy atom. The number of halogens is 7. The zero-order valence-electron chi connectivity index (χ0n) is 14.6. The highest BCUT2D eigenvalue weighted by Gasteiger charge is 2.39. The second kappa shape index (κ2) is 6.98. The predicted octanol–water partition coefficient (Wildman–Crippen LogP) is 6.38. The summed E-state index contributed by atoms with van der Waals surface area (Å²) >= 11 is 6.07. The molecule has 1 aromatic carbocycles. The Kier molecular flexibility index (Phi) is 4.69. The molecule has 0 saturated carbocycles. The summed E-state index contributed by atoms with van der Waals surface area (Å²) in [4.78, 5) is 14.6. The maximum atomic E-state index is 13.3. The van der Waals surface area contributed by atoms with Crippen molar-refractivity contribution in [2.24, 2.45) is 0 Å². The van der Waals surface area contributed by atoms with Gasteiger partial charge in [-0.3, -0.25) is 9.97 Å². The lowest BCUT2D eigenvalue weighted by Crippen LogP contribution is -2.11. The third-order valence-electron chi connectivity index (χ3n) is 4.26. The van der Waals surface area contributed by atoms with Gasteiger partial charge in [0.25, 0.3) is 0 Å². The molecular formula is C19H9ClF6N4. The number of hydrogen-bond donors (Lipinski definition) is 1. The first kappa shape index (κ1) is 20.1. The Morgan fingerprint density at radius 2 is 1.67 bits per heavy atom. The van der Waals surface area contributed by atoms with Crippen LogP contribution in [0.3, 0.4) is 0 Å². The first-order chi connectivity index (χ1) is 14.0. The van der Waals surface area contributed by atoms with Gasteiger partial charge in [0.15, 0.2) is 5.82 Å². The van der Waals surface area contributed by atoms with Crippen molar-refractivity contribution in [3.8, 4) is 22.8 Å². The van der Waals surface area contributed by atoms with Crippen LogP contribution in [0.1, 0.15) is 11.1 Å². The van der Waals surface area contributed by atoms with Crippen molar-refractivity contribution in [3.05, 3.63) is 64.9 Å². The van der Waals surface area contributed by atoms with E-state index in [9.17, 15) is 26.3 Å². The molecule has 0 atom stereocenters. The van der Waals surface area contributed by atoms with Crippen LogP contribution in [-0.2, 0) is 12.4 Å². The van der Waals surface area contributed by atoms with E-state index in [0.29, 0.717) is 22.3 Å². The molecule has 0 aliphatic carbocycles. The van der Waals surface area contributed by atoms with Crippen LogP contribution in [0.2, 0.25) is 5.02 Å². The van der Waals surface area contributed by atoms with E-state index in [1.807, 2.05) is 0 Å². The van der Waals surface area contributed by atoms with E-state index >= 15 is 0 Å². The molecule has 0 unspecified atom stereocenters. The quantitative estimate of drug-likeness (QED) is 0.367. The molecular weight excluding hydrogens is 434 g/mol. The highest BCUT2D eigenvalue weighted by atomic mass is 35.5. The van der Waals surface area contributed by atoms with Crippen molar-refractivity contribution in [3.63, 3.8) is 0 Å². The van der Waals surface area contributed by atoms with Gasteiger partial charge in [-0.2, -0.15) is 26.3 Å². The Labute approximate surface area is 169 Å². The van der Waals surface area contributed by atoms with Crippen molar-refractivity contribution in [2.45, 2.75) is 12.4 Å². The molecule has 1 N–H and O–H groups in total. The number of fused-ring (bicyclic) bond motifs is 1. The Hall–Kier alpha value is -3.14. The summed E-state index contributed by atoms with van der Waals surface area (Å²) in [6.07, 6.45) is -7.03. The minimum absolute atomic E-state index is 0.0482. The van der Waals surface area contributed by atoms with Crippen LogP contribution in [0.4, 0.5) is 26.3 Å². The zero-order chi connectivity index (χ0) is 21.7. The maximum absolute atomic E-state index is 13.3. The normalized spacial score (nSPS) is 12.5. The van der Waals surface area contributed by atoms with Gasteiger partial charge in [-0.1, -0.05) is 11.6 Å². The van der Waals surface area contributed by atoms with Crippen LogP contribution in [0.5, 0.6) is 0 Å². The SMILES string of the molecule is FC(F)(F)c1cc(C(F)(F)F)c2nc(-c3ccc(-c4ncccc4Cl)cn3)[nH]c2c1. The van der Waals surface area contributed by atoms with Gasteiger partial charge in [0.1, 0.15) is 11.2 Å². The second-order valence-electron chi connectivity index (χ2n) is 6.27. The number of rotatable bonds is 2. The summed E-state index contributed by atoms with van der Waals surface area (Å²) in [6.45, 7) is 0. The Bertz CT molecular complexity index is 1230. The highest BCUT2D eigenvalue weighted by Crippen LogP contribution is 2.40. The van der Waals surface area contributed by atoms with Crippen LogP contribution in [0, 0.1) is 0 Å². The van der Waals surface area contributed by atoms with E-state index in [2.05, 4.69) is 19.9 Å². The lowest BCUT2D eigenvalue weighted by Gasteiger charge is -2.11. The third-order valence-corrected chi connectivity index (χ3v) is 4.56. The van der Waals surface area contributed by atoms with Gasteiger partial charge in [-0.05, 0) is 36.4 Å². The molecule has 154 valence electrons. The average molecular weight is 443 g/mol. The monoisotopic (exact) mass is 442 g/mol. The smallest absolute Gasteiger partial charge is 0.337 e. The van der Waals surface area contributed by atoms with Gasteiger partial charge in [0, 0.05) is 18.0 Å². The molecule has 0 amide bonds. The Balaban J connectivity index is 1.81. The van der Waals surface area contributed by atoms with Crippen molar-refractivity contribution in [2.75, 3.05) is 0 Å². The maximum Gasteiger partial charge on any atom is 0.418 e. The fraction of sp³-hybridized carbons (Fsp3) is 0.105. The summed E-state index contributed by atoms with van der Waals surface area (Å²) in [7, 11) is 0. The molecule has 0 saturated heterocycles. The van der Waals surface area contributed by atoms with Crippen molar-refractivity contribution < 1.29 is 26.3 Å².